The number of hydrogen-bond donors (Lipinski definition) is 2. The van der Waals surface area contributed by atoms with Crippen LogP contribution in [0.15, 0.2) is 40.3 Å². The van der Waals surface area contributed by atoms with Crippen LogP contribution < -0.4 is 4.74 Å². The Bertz CT molecular complexity index is 1130. The molecule has 35 heavy (non-hydrogen) atoms. The third-order valence-corrected chi connectivity index (χ3v) is 8.61. The zero-order chi connectivity index (χ0) is 24.8. The van der Waals surface area contributed by atoms with Gasteiger partial charge in [0.2, 0.25) is 0 Å². The number of aromatic nitrogens is 2. The van der Waals surface area contributed by atoms with Crippen molar-refractivity contribution >= 4 is 40.0 Å². The molecule has 0 bridgehead atoms. The van der Waals surface area contributed by atoms with Gasteiger partial charge in [0, 0.05) is 47.8 Å². The van der Waals surface area contributed by atoms with E-state index in [2.05, 4.69) is 14.9 Å². The first-order valence-corrected chi connectivity index (χ1v) is 13.6. The van der Waals surface area contributed by atoms with E-state index in [9.17, 15) is 19.4 Å². The fourth-order valence-corrected chi connectivity index (χ4v) is 6.60. The molecule has 1 fully saturated rings. The number of nitrogens with zero attached hydrogens (tertiary/aromatic N) is 3. The van der Waals surface area contributed by atoms with E-state index in [1.54, 1.807) is 47.5 Å². The van der Waals surface area contributed by atoms with E-state index in [4.69, 9.17) is 4.74 Å². The van der Waals surface area contributed by atoms with E-state index in [-0.39, 0.29) is 23.8 Å². The molecule has 1 saturated heterocycles. The molecule has 2 unspecified atom stereocenters. The number of likely N-dealkylation sites (tertiary alicyclic amines) is 1. The molecule has 0 saturated carbocycles. The van der Waals surface area contributed by atoms with Crippen LogP contribution in [0.2, 0.25) is 0 Å². The number of carboxylic acid groups (broad SMARTS) is 1. The number of aliphatic carboxylic acids is 1. The summed E-state index contributed by atoms with van der Waals surface area (Å²) >= 11 is 3.34. The Kier molecular flexibility index (Phi) is 8.94. The maximum atomic E-state index is 14.7. The summed E-state index contributed by atoms with van der Waals surface area (Å²) in [6.45, 7) is 2.49. The number of fused-ring (bicyclic) bond motifs is 1. The van der Waals surface area contributed by atoms with E-state index in [0.29, 0.717) is 29.5 Å². The fraction of sp³-hybridized carbons (Fsp3) is 0.480. The molecule has 4 rings (SSSR count). The van der Waals surface area contributed by atoms with Crippen molar-refractivity contribution in [2.75, 3.05) is 32.5 Å². The molecule has 0 spiro atoms. The Hall–Kier alpha value is -2.27. The van der Waals surface area contributed by atoms with Crippen molar-refractivity contribution < 1.29 is 24.1 Å². The van der Waals surface area contributed by atoms with Crippen molar-refractivity contribution in [3.8, 4) is 5.75 Å². The van der Waals surface area contributed by atoms with Gasteiger partial charge in [0.15, 0.2) is 0 Å². The number of carboxylic acids is 1. The van der Waals surface area contributed by atoms with E-state index in [0.717, 1.165) is 42.3 Å². The van der Waals surface area contributed by atoms with Crippen molar-refractivity contribution in [3.63, 3.8) is 0 Å². The molecular weight excluding hydrogens is 489 g/mol. The van der Waals surface area contributed by atoms with Crippen molar-refractivity contribution in [1.29, 1.82) is 0 Å². The Morgan fingerprint density at radius 3 is 2.97 bits per heavy atom. The molecule has 10 heteroatoms. The van der Waals surface area contributed by atoms with Gasteiger partial charge < -0.3 is 19.8 Å². The molecule has 0 amide bonds. The first-order valence-electron chi connectivity index (χ1n) is 11.7. The summed E-state index contributed by atoms with van der Waals surface area (Å²) in [5, 5.41) is 23.0. The molecule has 1 aromatic carbocycles. The van der Waals surface area contributed by atoms with Gasteiger partial charge in [0.05, 0.1) is 24.9 Å². The second-order valence-electron chi connectivity index (χ2n) is 8.85. The van der Waals surface area contributed by atoms with E-state index in [1.165, 1.54) is 7.11 Å². The first-order chi connectivity index (χ1) is 16.9. The summed E-state index contributed by atoms with van der Waals surface area (Å²) in [4.78, 5) is 22.3. The van der Waals surface area contributed by atoms with Gasteiger partial charge in [-0.2, -0.15) is 0 Å². The number of carbonyl (C=O) groups is 1. The topological polar surface area (TPSA) is 95.8 Å². The minimum absolute atomic E-state index is 0.00237. The molecule has 1 aliphatic heterocycles. The Balaban J connectivity index is 1.39. The van der Waals surface area contributed by atoms with E-state index in [1.807, 2.05) is 5.38 Å². The monoisotopic (exact) mass is 519 g/mol. The van der Waals surface area contributed by atoms with Crippen LogP contribution in [0.25, 0.3) is 10.9 Å². The van der Waals surface area contributed by atoms with Gasteiger partial charge in [-0.25, -0.2) is 9.37 Å². The normalized spacial score (nSPS) is 19.6. The standard InChI is InChI=1S/C25H30FN3O4S2/c1-33-18-3-4-21-19(13-18)24(20(26)14-28-21)22(30)5-2-16-6-8-29(15-17(16)12-23(31)32)9-11-35-25-27-7-10-34-25/h3-4,7,10,13-14,16-17,22,30H,2,5-6,8-9,11-12,15H2,1H3,(H,31,32)/t16?,17?,22-/m1/s1. The van der Waals surface area contributed by atoms with Gasteiger partial charge in [0.25, 0.3) is 0 Å². The van der Waals surface area contributed by atoms with Crippen LogP contribution in [0.3, 0.4) is 0 Å². The third kappa shape index (κ3) is 6.69. The number of pyridine rings is 1. The van der Waals surface area contributed by atoms with Crippen LogP contribution in [-0.2, 0) is 4.79 Å². The number of aliphatic hydroxyl groups excluding tert-OH is 1. The molecule has 7 nitrogen and oxygen atoms in total. The van der Waals surface area contributed by atoms with Crippen LogP contribution in [-0.4, -0.2) is 63.5 Å². The van der Waals surface area contributed by atoms with Crippen molar-refractivity contribution in [3.05, 3.63) is 47.4 Å². The van der Waals surface area contributed by atoms with Crippen LogP contribution >= 0.6 is 23.1 Å². The number of thiazole rings is 1. The van der Waals surface area contributed by atoms with Gasteiger partial charge >= 0.3 is 5.97 Å². The second kappa shape index (κ2) is 12.1. The van der Waals surface area contributed by atoms with Crippen molar-refractivity contribution in [2.45, 2.75) is 36.1 Å². The molecule has 0 radical (unpaired) electrons. The van der Waals surface area contributed by atoms with Gasteiger partial charge in [-0.3, -0.25) is 9.78 Å². The number of piperidine rings is 1. The molecule has 1 aliphatic rings. The van der Waals surface area contributed by atoms with Crippen LogP contribution in [0.1, 0.15) is 37.4 Å². The second-order valence-corrected chi connectivity index (χ2v) is 11.1. The lowest BCUT2D eigenvalue weighted by atomic mass is 9.79. The molecular formula is C25H30FN3O4S2. The number of benzene rings is 1. The zero-order valence-electron chi connectivity index (χ0n) is 19.6. The summed E-state index contributed by atoms with van der Waals surface area (Å²) in [6.07, 6.45) is 3.88. The molecule has 3 aromatic rings. The first kappa shape index (κ1) is 25.8. The number of aliphatic hydroxyl groups is 1. The SMILES string of the molecule is COc1ccc2ncc(F)c([C@H](O)CCC3CCN(CCSc4nccs4)CC3CC(=O)O)c2c1. The minimum Gasteiger partial charge on any atom is -0.497 e. The number of rotatable bonds is 11. The van der Waals surface area contributed by atoms with Crippen LogP contribution in [0.4, 0.5) is 4.39 Å². The number of thioether (sulfide) groups is 1. The van der Waals surface area contributed by atoms with Gasteiger partial charge in [-0.05, 0) is 55.8 Å². The lowest BCUT2D eigenvalue weighted by molar-refractivity contribution is -0.139. The predicted octanol–water partition coefficient (Wildman–Crippen LogP) is 4.86. The average molecular weight is 520 g/mol. The van der Waals surface area contributed by atoms with Crippen molar-refractivity contribution in [1.82, 2.24) is 14.9 Å². The maximum absolute atomic E-state index is 14.7. The van der Waals surface area contributed by atoms with Crippen molar-refractivity contribution in [2.24, 2.45) is 11.8 Å². The van der Waals surface area contributed by atoms with Gasteiger partial charge in [0.1, 0.15) is 15.9 Å². The van der Waals surface area contributed by atoms with Crippen LogP contribution in [0, 0.1) is 17.7 Å². The Morgan fingerprint density at radius 1 is 1.37 bits per heavy atom. The highest BCUT2D eigenvalue weighted by atomic mass is 32.2. The molecule has 2 aromatic heterocycles. The molecule has 188 valence electrons. The number of ether oxygens (including phenoxy) is 1. The lowest BCUT2D eigenvalue weighted by Crippen LogP contribution is -2.42. The Morgan fingerprint density at radius 2 is 2.23 bits per heavy atom. The molecule has 2 N–H and O–H groups in total. The zero-order valence-corrected chi connectivity index (χ0v) is 21.2. The summed E-state index contributed by atoms with van der Waals surface area (Å²) < 4.78 is 21.0. The summed E-state index contributed by atoms with van der Waals surface area (Å²) in [7, 11) is 1.54. The number of methoxy groups -OCH3 is 1. The maximum Gasteiger partial charge on any atom is 0.303 e. The summed E-state index contributed by atoms with van der Waals surface area (Å²) in [6, 6.07) is 5.19. The molecule has 3 atom stereocenters. The third-order valence-electron chi connectivity index (χ3n) is 6.67. The van der Waals surface area contributed by atoms with E-state index >= 15 is 0 Å². The smallest absolute Gasteiger partial charge is 0.303 e. The van der Waals surface area contributed by atoms with Gasteiger partial charge in [-0.15, -0.1) is 11.3 Å². The quantitative estimate of drug-likeness (QED) is 0.347. The minimum atomic E-state index is -1.01. The highest BCUT2D eigenvalue weighted by Crippen LogP contribution is 2.36. The molecule has 3 heterocycles. The van der Waals surface area contributed by atoms with Gasteiger partial charge in [-0.1, -0.05) is 11.8 Å². The molecule has 0 aliphatic carbocycles. The number of halogens is 1. The highest BCUT2D eigenvalue weighted by molar-refractivity contribution is 8.01. The van der Waals surface area contributed by atoms with Crippen LogP contribution in [0.5, 0.6) is 5.75 Å². The summed E-state index contributed by atoms with van der Waals surface area (Å²) in [5.74, 6) is 0.284. The fourth-order valence-electron chi connectivity index (χ4n) is 4.89. The average Bonchev–Trinajstić information content (AvgIpc) is 3.36. The lowest BCUT2D eigenvalue weighted by Gasteiger charge is -2.38. The largest absolute Gasteiger partial charge is 0.497 e. The summed E-state index contributed by atoms with van der Waals surface area (Å²) in [5.41, 5.74) is 0.814. The Labute approximate surface area is 212 Å². The van der Waals surface area contributed by atoms with E-state index < -0.39 is 17.9 Å². The highest BCUT2D eigenvalue weighted by Gasteiger charge is 2.31. The predicted molar refractivity (Wildman–Crippen MR) is 136 cm³/mol. The number of hydrogen-bond acceptors (Lipinski definition) is 8.